The van der Waals surface area contributed by atoms with Gasteiger partial charge in [0, 0.05) is 18.3 Å². The summed E-state index contributed by atoms with van der Waals surface area (Å²) in [5, 5.41) is 3.13. The Morgan fingerprint density at radius 3 is 2.47 bits per heavy atom. The van der Waals surface area contributed by atoms with Gasteiger partial charge < -0.3 is 10.2 Å². The summed E-state index contributed by atoms with van der Waals surface area (Å²) in [6.07, 6.45) is 1.18. The quantitative estimate of drug-likeness (QED) is 0.291. The molecule has 1 aliphatic carbocycles. The molecule has 3 atom stereocenters. The predicted octanol–water partition coefficient (Wildman–Crippen LogP) is 5.81. The Balaban J connectivity index is 1.85. The summed E-state index contributed by atoms with van der Waals surface area (Å²) in [5.41, 5.74) is -0.548. The van der Waals surface area contributed by atoms with Crippen LogP contribution in [0.3, 0.4) is 0 Å². The van der Waals surface area contributed by atoms with Crippen molar-refractivity contribution in [2.75, 3.05) is 24.1 Å². The van der Waals surface area contributed by atoms with Gasteiger partial charge in [-0.15, -0.1) is 0 Å². The van der Waals surface area contributed by atoms with E-state index in [-0.39, 0.29) is 34.2 Å². The molecule has 38 heavy (non-hydrogen) atoms. The molecule has 0 radical (unpaired) electrons. The van der Waals surface area contributed by atoms with Crippen molar-refractivity contribution in [2.45, 2.75) is 42.4 Å². The number of alkyl halides is 3. The highest BCUT2D eigenvalue weighted by Gasteiger charge is 2.39. The van der Waals surface area contributed by atoms with Gasteiger partial charge in [0.25, 0.3) is 10.0 Å². The number of halogens is 5. The van der Waals surface area contributed by atoms with Crippen LogP contribution in [0.2, 0.25) is 5.02 Å². The zero-order chi connectivity index (χ0) is 28.3. The lowest BCUT2D eigenvalue weighted by Crippen LogP contribution is -2.48. The molecule has 1 saturated carbocycles. The van der Waals surface area contributed by atoms with Crippen molar-refractivity contribution < 1.29 is 26.0 Å². The van der Waals surface area contributed by atoms with Gasteiger partial charge in [-0.1, -0.05) is 36.9 Å². The van der Waals surface area contributed by atoms with E-state index in [1.54, 1.807) is 14.1 Å². The first-order valence-corrected chi connectivity index (χ1v) is 13.4. The van der Waals surface area contributed by atoms with Crippen LogP contribution >= 0.6 is 11.6 Å². The summed E-state index contributed by atoms with van der Waals surface area (Å²) in [6.45, 7) is 6.93. The summed E-state index contributed by atoms with van der Waals surface area (Å²) in [5.74, 6) is -1.49. The first-order chi connectivity index (χ1) is 17.8. The fraction of sp³-hybridized carbons (Fsp3) is 0.360. The third kappa shape index (κ3) is 6.72. The molecular formula is C25H28ClF4N5O2S. The molecule has 13 heteroatoms. The molecule has 7 nitrogen and oxygen atoms in total. The molecule has 2 aromatic rings. The fourth-order valence-electron chi connectivity index (χ4n) is 4.65. The smallest absolute Gasteiger partial charge is 0.379 e. The molecule has 0 unspecified atom stereocenters. The number of rotatable bonds is 9. The second-order valence-corrected chi connectivity index (χ2v) is 11.1. The minimum atomic E-state index is -4.55. The number of sulfonamides is 1. The number of aromatic nitrogens is 2. The van der Waals surface area contributed by atoms with Gasteiger partial charge in [-0.2, -0.15) is 13.2 Å². The van der Waals surface area contributed by atoms with Crippen molar-refractivity contribution in [3.63, 3.8) is 0 Å². The Morgan fingerprint density at radius 1 is 1.21 bits per heavy atom. The molecule has 3 rings (SSSR count). The molecule has 0 amide bonds. The molecule has 0 saturated heterocycles. The fourth-order valence-corrected chi connectivity index (χ4v) is 6.03. The standard InChI is InChI=1S/C25H28ClF4N5O2S/c1-5-16(17(6-2)25(28,29)30)15-7-8-20(22(11-15)35(3)4)33-21-13-19(27)23(12-18(21)26)38(36,37)34-24-9-10-31-14-32-24/h5-6,9-10,12-15,20,22,33H,1-2,7-8,11H2,3-4H3,(H,31,32,34)/b17-16-/t15-,20-,22-/m0/s1. The minimum absolute atomic E-state index is 0.0354. The second-order valence-electron chi connectivity index (χ2n) is 9.03. The van der Waals surface area contributed by atoms with Crippen molar-refractivity contribution in [1.29, 1.82) is 0 Å². The number of benzene rings is 1. The van der Waals surface area contributed by atoms with Gasteiger partial charge in [0.05, 0.1) is 16.3 Å². The average molecular weight is 574 g/mol. The molecule has 1 aromatic carbocycles. The Labute approximate surface area is 224 Å². The summed E-state index contributed by atoms with van der Waals surface area (Å²) in [6, 6.07) is 2.75. The first kappa shape index (κ1) is 29.6. The van der Waals surface area contributed by atoms with Gasteiger partial charge in [0.15, 0.2) is 0 Å². The maximum absolute atomic E-state index is 15.0. The molecule has 1 aliphatic rings. The summed E-state index contributed by atoms with van der Waals surface area (Å²) in [7, 11) is -0.734. The van der Waals surface area contributed by atoms with Crippen LogP contribution < -0.4 is 10.0 Å². The van der Waals surface area contributed by atoms with Crippen LogP contribution in [0.4, 0.5) is 29.1 Å². The molecule has 1 fully saturated rings. The third-order valence-corrected chi connectivity index (χ3v) is 8.12. The van der Waals surface area contributed by atoms with Gasteiger partial charge in [0.2, 0.25) is 0 Å². The average Bonchev–Trinajstić information content (AvgIpc) is 2.84. The zero-order valence-electron chi connectivity index (χ0n) is 20.8. The lowest BCUT2D eigenvalue weighted by molar-refractivity contribution is -0.0893. The van der Waals surface area contributed by atoms with Crippen molar-refractivity contribution in [1.82, 2.24) is 14.9 Å². The lowest BCUT2D eigenvalue weighted by Gasteiger charge is -2.41. The van der Waals surface area contributed by atoms with E-state index in [0.29, 0.717) is 19.3 Å². The van der Waals surface area contributed by atoms with Crippen LogP contribution in [-0.4, -0.2) is 55.6 Å². The summed E-state index contributed by atoms with van der Waals surface area (Å²) < 4.78 is 83.2. The van der Waals surface area contributed by atoms with Gasteiger partial charge in [0.1, 0.15) is 22.9 Å². The second kappa shape index (κ2) is 11.8. The van der Waals surface area contributed by atoms with Crippen LogP contribution in [0.15, 0.2) is 72.1 Å². The molecule has 206 valence electrons. The van der Waals surface area contributed by atoms with E-state index < -0.39 is 38.4 Å². The lowest BCUT2D eigenvalue weighted by atomic mass is 9.76. The number of nitrogens with zero attached hydrogens (tertiary/aromatic N) is 3. The molecule has 1 heterocycles. The van der Waals surface area contributed by atoms with Crippen molar-refractivity contribution in [3.05, 3.63) is 78.0 Å². The van der Waals surface area contributed by atoms with Gasteiger partial charge >= 0.3 is 6.18 Å². The molecule has 1 aromatic heterocycles. The Morgan fingerprint density at radius 2 is 1.92 bits per heavy atom. The monoisotopic (exact) mass is 573 g/mol. The SMILES string of the molecule is C=C/C(=C(\C=C)C(F)(F)F)[C@H]1CC[C@H](Nc2cc(F)c(S(=O)(=O)Nc3ccncn3)cc2Cl)[C@@H](N(C)C)C1. The first-order valence-electron chi connectivity index (χ1n) is 11.6. The summed E-state index contributed by atoms with van der Waals surface area (Å²) in [4.78, 5) is 8.67. The van der Waals surface area contributed by atoms with Crippen molar-refractivity contribution in [2.24, 2.45) is 5.92 Å². The number of likely N-dealkylation sites (N-methyl/N-ethyl adjacent to an activating group) is 1. The van der Waals surface area contributed by atoms with Crippen molar-refractivity contribution in [3.8, 4) is 0 Å². The third-order valence-electron chi connectivity index (χ3n) is 6.43. The van der Waals surface area contributed by atoms with Crippen LogP contribution in [-0.2, 0) is 10.0 Å². The van der Waals surface area contributed by atoms with E-state index in [9.17, 15) is 26.0 Å². The van der Waals surface area contributed by atoms with Gasteiger partial charge in [-0.3, -0.25) is 4.72 Å². The number of anilines is 2. The number of hydrogen-bond donors (Lipinski definition) is 2. The van der Waals surface area contributed by atoms with E-state index >= 15 is 0 Å². The molecular weight excluding hydrogens is 546 g/mol. The van der Waals surface area contributed by atoms with Crippen molar-refractivity contribution >= 4 is 33.1 Å². The summed E-state index contributed by atoms with van der Waals surface area (Å²) >= 11 is 6.35. The van der Waals surface area contributed by atoms with Crippen LogP contribution in [0.25, 0.3) is 0 Å². The van der Waals surface area contributed by atoms with Gasteiger partial charge in [-0.05, 0) is 63.0 Å². The number of hydrogen-bond acceptors (Lipinski definition) is 6. The minimum Gasteiger partial charge on any atom is -0.379 e. The molecule has 0 bridgehead atoms. The maximum Gasteiger partial charge on any atom is 0.416 e. The highest BCUT2D eigenvalue weighted by Crippen LogP contribution is 2.40. The van der Waals surface area contributed by atoms with E-state index in [2.05, 4.69) is 33.2 Å². The van der Waals surface area contributed by atoms with E-state index in [1.165, 1.54) is 18.3 Å². The molecule has 2 N–H and O–H groups in total. The zero-order valence-corrected chi connectivity index (χ0v) is 22.3. The van der Waals surface area contributed by atoms with Gasteiger partial charge in [-0.25, -0.2) is 22.8 Å². The van der Waals surface area contributed by atoms with E-state index in [0.717, 1.165) is 24.5 Å². The van der Waals surface area contributed by atoms with Crippen LogP contribution in [0.5, 0.6) is 0 Å². The Kier molecular flexibility index (Phi) is 9.21. The maximum atomic E-state index is 15.0. The van der Waals surface area contributed by atoms with E-state index in [4.69, 9.17) is 11.6 Å². The topological polar surface area (TPSA) is 87.2 Å². The number of allylic oxidation sites excluding steroid dienone is 4. The largest absolute Gasteiger partial charge is 0.416 e. The highest BCUT2D eigenvalue weighted by atomic mass is 35.5. The molecule has 0 spiro atoms. The molecule has 0 aliphatic heterocycles. The number of nitrogens with one attached hydrogen (secondary N) is 2. The van der Waals surface area contributed by atoms with E-state index in [1.807, 2.05) is 4.90 Å². The van der Waals surface area contributed by atoms with Crippen LogP contribution in [0, 0.1) is 11.7 Å². The Bertz CT molecular complexity index is 1320. The predicted molar refractivity (Wildman–Crippen MR) is 140 cm³/mol. The van der Waals surface area contributed by atoms with Crippen LogP contribution in [0.1, 0.15) is 19.3 Å². The normalized spacial score (nSPS) is 21.0. The highest BCUT2D eigenvalue weighted by molar-refractivity contribution is 7.92. The Hall–Kier alpha value is -2.96.